The Labute approximate surface area is 839 Å². The molecule has 2 N–H and O–H groups in total. The largest absolute Gasteiger partial charge is 2.00 e. The van der Waals surface area contributed by atoms with Crippen molar-refractivity contribution in [2.24, 2.45) is 5.92 Å². The van der Waals surface area contributed by atoms with Gasteiger partial charge in [0.25, 0.3) is 0 Å². The third kappa shape index (κ3) is 97.2. The van der Waals surface area contributed by atoms with E-state index in [0.29, 0.717) is 31.5 Å². The van der Waals surface area contributed by atoms with Crippen molar-refractivity contribution in [1.29, 1.82) is 0 Å². The standard InChI is InChI=1S/C9H9N.C9H10O2.C9H10.C8H8O2.C7H7N3.C7H8.3C6H7N.C5H6N2.2C5H6.C4H5NO.13C2H6.3W/c1-7-2-3-8-4-5-10-9(8)6-7;1-7-2-3-8-9(6-7)11-5-4-10-8;1-2-6-9-7-4-3-5-8-9;1-6-2-3-7-8(4-6)10-5-9-7;1-5-2-3-6-7(4-5)9-10-8-6;1-7-5-3-2-4-6-7;1-6-2-4-7-5-3-6;1-6-3-2-4-7-5-6;1-6-4-2-3-5-7-6;1-5-4-6-2-3-7-5;1-4-5(2)3;1-3-5-4-2;1-4-2-5-6-3-4;13*1-2;;;/h2-6,10H,1H3;2-3,6H,4-5H2,1H3;3-9H,1H3;2-4H,5H2,1H3;2-4H,1H3,(H,8,9,10);2-6H,1H3;3*2-5H,1H3;2-4H,1H3;1-2,4H,3H3;1,3,5H,2H3;2-3H,1H3;13*1-2H3;;;/q;;-2;;;;;;;;2*-2;;;;;;;;;;;;;;;3*+2. The van der Waals surface area contributed by atoms with Gasteiger partial charge in [0.1, 0.15) is 30.5 Å². The van der Waals surface area contributed by atoms with E-state index in [1.165, 1.54) is 62.0 Å². The summed E-state index contributed by atoms with van der Waals surface area (Å²) < 4.78 is 25.5. The fourth-order valence-corrected chi connectivity index (χ4v) is 7.67. The molecule has 0 saturated carbocycles. The summed E-state index contributed by atoms with van der Waals surface area (Å²) >= 11 is 0. The first-order chi connectivity index (χ1) is 61.9. The molecule has 1 unspecified atom stereocenters. The van der Waals surface area contributed by atoms with Crippen LogP contribution < -0.4 is 18.9 Å². The minimum absolute atomic E-state index is 0. The van der Waals surface area contributed by atoms with E-state index in [9.17, 15) is 0 Å². The number of nitrogens with one attached hydrogen (secondary N) is 2. The average Bonchev–Trinajstić information content (AvgIpc) is 1.68. The SMILES string of the molecule is CC.CC.CC.CC.CC.CC.CC.CC.CC.CC.CC.CC.CC.C[C-]=CC1C=CC=C[CH-]1.Cc1ccc2c(c1)OCCO2.Cc1ccc2c(c1)OCO2.Cc1ccc2cc[nH]c2c1.Cc1ccc2n[nH]nc2c1.Cc1ccccc1.Cc1ccccn1.Cc1cccnc1.Cc1ccncc1.Cc1cnccn1.Cc1cnoc1.[CH-]=CC(=[CH-])C.[CH-]=CC=[C-]C.[W+2].[W+2].[W+2]. The topological polar surface area (TPSA) is 185 Å². The van der Waals surface area contributed by atoms with Crippen molar-refractivity contribution in [3.05, 3.63) is 368 Å². The molecule has 0 spiro atoms. The smallest absolute Gasteiger partial charge is 0.504 e. The van der Waals surface area contributed by atoms with Gasteiger partial charge in [0, 0.05) is 72.5 Å². The molecule has 1 aliphatic carbocycles. The Bertz CT molecular complexity index is 3970. The summed E-state index contributed by atoms with van der Waals surface area (Å²) in [6.07, 6.45) is 41.9. The Kier molecular flexibility index (Phi) is 146. The zero-order chi connectivity index (χ0) is 99.5. The maximum Gasteiger partial charge on any atom is 2.00 e. The minimum atomic E-state index is 0. The van der Waals surface area contributed by atoms with Crippen LogP contribution in [0.2, 0.25) is 0 Å². The van der Waals surface area contributed by atoms with E-state index >= 15 is 0 Å². The van der Waals surface area contributed by atoms with Gasteiger partial charge in [0.15, 0.2) is 23.0 Å². The Hall–Kier alpha value is -9.91. The number of aryl methyl sites for hydroxylation is 10. The number of ether oxygens (including phenoxy) is 4. The number of pyridine rings is 3. The first-order valence-electron chi connectivity index (χ1n) is 45.5. The molecule has 130 heavy (non-hydrogen) atoms. The molecule has 15 rings (SSSR count). The quantitative estimate of drug-likeness (QED) is 0.126. The molecule has 0 saturated heterocycles. The van der Waals surface area contributed by atoms with E-state index < -0.39 is 0 Å². The first kappa shape index (κ1) is 151. The van der Waals surface area contributed by atoms with Gasteiger partial charge in [-0.2, -0.15) is 22.3 Å². The Balaban J connectivity index is -0.0000000917. The van der Waals surface area contributed by atoms with Crippen molar-refractivity contribution in [2.45, 2.75) is 270 Å². The summed E-state index contributed by atoms with van der Waals surface area (Å²) in [5.41, 5.74) is 15.5. The molecule has 18 heteroatoms. The third-order valence-corrected chi connectivity index (χ3v) is 12.8. The van der Waals surface area contributed by atoms with Crippen LogP contribution in [0.4, 0.5) is 0 Å². The van der Waals surface area contributed by atoms with Crippen LogP contribution in [-0.2, 0) is 63.2 Å². The predicted molar refractivity (Wildman–Crippen MR) is 559 cm³/mol. The Morgan fingerprint density at radius 3 is 1.25 bits per heavy atom. The summed E-state index contributed by atoms with van der Waals surface area (Å²) in [6, 6.07) is 50.3. The molecule has 9 heterocycles. The van der Waals surface area contributed by atoms with E-state index in [2.05, 4.69) is 142 Å². The zero-order valence-corrected chi connectivity index (χ0v) is 96.6. The molecule has 1 atom stereocenters. The normalized spacial score (nSPS) is 9.58. The number of hydrogen-bond acceptors (Lipinski definition) is 13. The minimum Gasteiger partial charge on any atom is -0.504 e. The molecule has 12 aromatic rings. The van der Waals surface area contributed by atoms with Crippen LogP contribution >= 0.6 is 0 Å². The van der Waals surface area contributed by atoms with Crippen molar-refractivity contribution in [3.8, 4) is 23.0 Å². The van der Waals surface area contributed by atoms with Gasteiger partial charge in [-0.15, -0.1) is 26.0 Å². The molecule has 720 valence electrons. The summed E-state index contributed by atoms with van der Waals surface area (Å²) in [5.74, 6) is 3.92. The molecule has 0 fully saturated rings. The Morgan fingerprint density at radius 1 is 0.415 bits per heavy atom. The number of rotatable bonds is 3. The van der Waals surface area contributed by atoms with E-state index in [1.54, 1.807) is 75.8 Å². The van der Waals surface area contributed by atoms with E-state index in [4.69, 9.17) is 38.7 Å². The molecular weight excluding hydrogens is 2120 g/mol. The maximum atomic E-state index is 5.38. The van der Waals surface area contributed by atoms with Gasteiger partial charge in [0.2, 0.25) is 6.79 Å². The van der Waals surface area contributed by atoms with E-state index in [-0.39, 0.29) is 63.2 Å². The van der Waals surface area contributed by atoms with Crippen LogP contribution in [-0.4, -0.2) is 70.5 Å². The van der Waals surface area contributed by atoms with E-state index in [0.717, 1.165) is 51.0 Å². The summed E-state index contributed by atoms with van der Waals surface area (Å²) in [4.78, 5) is 22.6. The number of aromatic amines is 2. The fourth-order valence-electron chi connectivity index (χ4n) is 7.67. The Morgan fingerprint density at radius 2 is 0.885 bits per heavy atom. The van der Waals surface area contributed by atoms with Crippen LogP contribution in [0.3, 0.4) is 0 Å². The van der Waals surface area contributed by atoms with Gasteiger partial charge in [-0.1, -0.05) is 269 Å². The summed E-state index contributed by atoms with van der Waals surface area (Å²) in [5, 5.41) is 15.2. The third-order valence-electron chi connectivity index (χ3n) is 12.8. The van der Waals surface area contributed by atoms with Gasteiger partial charge >= 0.3 is 63.2 Å². The number of H-pyrrole nitrogens is 2. The van der Waals surface area contributed by atoms with Crippen molar-refractivity contribution in [3.63, 3.8) is 0 Å². The number of hydrogen-bond donors (Lipinski definition) is 2. The maximum absolute atomic E-state index is 5.38. The van der Waals surface area contributed by atoms with Crippen molar-refractivity contribution < 1.29 is 86.7 Å². The molecule has 3 aliphatic rings. The second kappa shape index (κ2) is 125. The molecule has 0 bridgehead atoms. The summed E-state index contributed by atoms with van der Waals surface area (Å²) in [6.45, 7) is 94.1. The van der Waals surface area contributed by atoms with Crippen LogP contribution in [0.25, 0.3) is 21.9 Å². The van der Waals surface area contributed by atoms with Crippen molar-refractivity contribution in [2.75, 3.05) is 20.0 Å². The fraction of sp³-hybridized carbons (Fsp3) is 0.384. The number of benzene rings is 5. The van der Waals surface area contributed by atoms with Gasteiger partial charge in [-0.25, -0.2) is 18.6 Å². The van der Waals surface area contributed by atoms with E-state index in [1.807, 2.05) is 382 Å². The average molecular weight is 2290 g/mol. The van der Waals surface area contributed by atoms with Gasteiger partial charge in [-0.3, -0.25) is 31.0 Å². The molecule has 5 aromatic carbocycles. The summed E-state index contributed by atoms with van der Waals surface area (Å²) in [7, 11) is 0. The second-order valence-electron chi connectivity index (χ2n) is 22.2. The van der Waals surface area contributed by atoms with Crippen LogP contribution in [0.1, 0.15) is 257 Å². The molecule has 2 aliphatic heterocycles. The molecule has 0 radical (unpaired) electrons. The van der Waals surface area contributed by atoms with Gasteiger partial charge < -0.3 is 84.1 Å². The molecule has 7 aromatic heterocycles. The van der Waals surface area contributed by atoms with Crippen LogP contribution in [0, 0.1) is 113 Å². The van der Waals surface area contributed by atoms with Crippen LogP contribution in [0.5, 0.6) is 23.0 Å². The molecule has 0 amide bonds. The van der Waals surface area contributed by atoms with Crippen molar-refractivity contribution >= 4 is 21.9 Å². The van der Waals surface area contributed by atoms with Gasteiger partial charge in [0.05, 0.1) is 11.9 Å². The number of fused-ring (bicyclic) bond motifs is 4. The zero-order valence-electron chi connectivity index (χ0n) is 87.8. The number of nitrogens with zero attached hydrogens (tertiary/aromatic N) is 8. The number of allylic oxidation sites excluding steroid dienone is 11. The molecule has 15 nitrogen and oxygen atoms in total. The molecular formula is C112H174N10O5W3. The monoisotopic (exact) mass is 2290 g/mol. The second-order valence-corrected chi connectivity index (χ2v) is 22.2. The van der Waals surface area contributed by atoms with Crippen LogP contribution in [0.15, 0.2) is 279 Å². The predicted octanol–water partition coefficient (Wildman–Crippen LogP) is 33.5. The number of aromatic nitrogens is 10. The van der Waals surface area contributed by atoms with Gasteiger partial charge in [-0.05, 0) is 187 Å². The van der Waals surface area contributed by atoms with Crippen molar-refractivity contribution in [1.82, 2.24) is 50.5 Å². The first-order valence-corrected chi connectivity index (χ1v) is 45.5.